The van der Waals surface area contributed by atoms with Crippen LogP contribution in [0.3, 0.4) is 0 Å². The van der Waals surface area contributed by atoms with Gasteiger partial charge in [0, 0.05) is 16.9 Å². The minimum absolute atomic E-state index is 0.101. The van der Waals surface area contributed by atoms with Crippen molar-refractivity contribution in [3.8, 4) is 0 Å². The van der Waals surface area contributed by atoms with E-state index in [0.29, 0.717) is 0 Å². The molecular formula is C8H7BClN. The summed E-state index contributed by atoms with van der Waals surface area (Å²) in [5, 5.41) is 0.808. The van der Waals surface area contributed by atoms with Crippen LogP contribution < -0.4 is 0 Å². The highest BCUT2D eigenvalue weighted by Gasteiger charge is 2.20. The molecule has 1 atom stereocenters. The van der Waals surface area contributed by atoms with Gasteiger partial charge >= 0.3 is 0 Å². The van der Waals surface area contributed by atoms with Gasteiger partial charge in [0.15, 0.2) is 0 Å². The van der Waals surface area contributed by atoms with Gasteiger partial charge in [-0.05, 0) is 30.3 Å². The van der Waals surface area contributed by atoms with Gasteiger partial charge in [0.25, 0.3) is 0 Å². The number of rotatable bonds is 0. The highest BCUT2D eigenvalue weighted by molar-refractivity contribution is 6.31. The summed E-state index contributed by atoms with van der Waals surface area (Å²) in [7, 11) is 5.79. The quantitative estimate of drug-likeness (QED) is 0.532. The molecule has 1 aliphatic carbocycles. The van der Waals surface area contributed by atoms with Crippen molar-refractivity contribution in [1.82, 2.24) is 4.98 Å². The van der Waals surface area contributed by atoms with Gasteiger partial charge in [0.1, 0.15) is 0 Å². The third-order valence-corrected chi connectivity index (χ3v) is 2.44. The fourth-order valence-corrected chi connectivity index (χ4v) is 1.74. The second-order valence-electron chi connectivity index (χ2n) is 2.80. The maximum absolute atomic E-state index is 5.94. The normalized spacial score (nSPS) is 21.7. The Morgan fingerprint density at radius 2 is 2.45 bits per heavy atom. The first-order valence-electron chi connectivity index (χ1n) is 3.68. The van der Waals surface area contributed by atoms with E-state index in [1.165, 1.54) is 0 Å². The van der Waals surface area contributed by atoms with Crippen LogP contribution in [0, 0.1) is 0 Å². The largest absolute Gasteiger partial charge is 0.261 e. The Hall–Kier alpha value is -0.495. The average molecular weight is 163 g/mol. The molecule has 54 valence electrons. The van der Waals surface area contributed by atoms with Crippen molar-refractivity contribution in [3.05, 3.63) is 28.5 Å². The molecule has 1 heterocycles. The molecule has 0 N–H and O–H groups in total. The first-order chi connectivity index (χ1) is 5.29. The highest BCUT2D eigenvalue weighted by atomic mass is 35.5. The van der Waals surface area contributed by atoms with Crippen LogP contribution in [0.25, 0.3) is 0 Å². The summed E-state index contributed by atoms with van der Waals surface area (Å²) in [6.07, 6.45) is 3.67. The molecule has 0 bridgehead atoms. The lowest BCUT2D eigenvalue weighted by molar-refractivity contribution is 0.866. The van der Waals surface area contributed by atoms with Crippen LogP contribution in [0.15, 0.2) is 12.3 Å². The molecule has 2 rings (SSSR count). The van der Waals surface area contributed by atoms with E-state index in [4.69, 9.17) is 19.4 Å². The molecule has 1 aliphatic rings. The zero-order chi connectivity index (χ0) is 7.84. The Morgan fingerprint density at radius 3 is 3.18 bits per heavy atom. The number of fused-ring (bicyclic) bond motifs is 1. The topological polar surface area (TPSA) is 12.9 Å². The SMILES string of the molecule is [B]C1CCc2c(Cl)ccnc21. The highest BCUT2D eigenvalue weighted by Crippen LogP contribution is 2.32. The van der Waals surface area contributed by atoms with Gasteiger partial charge in [-0.15, -0.1) is 0 Å². The number of nitrogens with zero attached hydrogens (tertiary/aromatic N) is 1. The molecule has 0 saturated heterocycles. The minimum atomic E-state index is 0.101. The van der Waals surface area contributed by atoms with Gasteiger partial charge in [-0.25, -0.2) is 0 Å². The molecule has 1 aromatic heterocycles. The van der Waals surface area contributed by atoms with Gasteiger partial charge in [-0.2, -0.15) is 0 Å². The Balaban J connectivity index is 2.57. The van der Waals surface area contributed by atoms with Gasteiger partial charge in [0.05, 0.1) is 7.85 Å². The molecule has 0 aliphatic heterocycles. The Bertz CT molecular complexity index is 287. The van der Waals surface area contributed by atoms with Crippen molar-refractivity contribution in [3.63, 3.8) is 0 Å². The van der Waals surface area contributed by atoms with Crippen molar-refractivity contribution in [2.75, 3.05) is 0 Å². The Morgan fingerprint density at radius 1 is 1.64 bits per heavy atom. The monoisotopic (exact) mass is 163 g/mol. The minimum Gasteiger partial charge on any atom is -0.261 e. The first-order valence-corrected chi connectivity index (χ1v) is 4.05. The maximum Gasteiger partial charge on any atom is 0.0785 e. The second kappa shape index (κ2) is 2.52. The number of aromatic nitrogens is 1. The number of hydrogen-bond donors (Lipinski definition) is 0. The predicted molar refractivity (Wildman–Crippen MR) is 46.1 cm³/mol. The molecule has 0 amide bonds. The third-order valence-electron chi connectivity index (χ3n) is 2.09. The lowest BCUT2D eigenvalue weighted by atomic mass is 9.85. The predicted octanol–water partition coefficient (Wildman–Crippen LogP) is 1.89. The summed E-state index contributed by atoms with van der Waals surface area (Å²) >= 11 is 5.94. The van der Waals surface area contributed by atoms with Gasteiger partial charge in [-0.3, -0.25) is 4.98 Å². The molecule has 1 unspecified atom stereocenters. The lowest BCUT2D eigenvalue weighted by Gasteiger charge is -2.02. The molecule has 1 nitrogen and oxygen atoms in total. The molecule has 0 aromatic carbocycles. The van der Waals surface area contributed by atoms with E-state index >= 15 is 0 Å². The molecule has 0 fully saturated rings. The van der Waals surface area contributed by atoms with Crippen LogP contribution >= 0.6 is 11.6 Å². The summed E-state index contributed by atoms with van der Waals surface area (Å²) in [6.45, 7) is 0. The molecule has 0 spiro atoms. The van der Waals surface area contributed by atoms with Crippen LogP contribution in [-0.4, -0.2) is 12.8 Å². The summed E-state index contributed by atoms with van der Waals surface area (Å²) < 4.78 is 0. The zero-order valence-corrected chi connectivity index (χ0v) is 6.80. The molecule has 1 aromatic rings. The van der Waals surface area contributed by atoms with Crippen molar-refractivity contribution >= 4 is 19.4 Å². The van der Waals surface area contributed by atoms with E-state index in [0.717, 1.165) is 29.1 Å². The van der Waals surface area contributed by atoms with E-state index < -0.39 is 0 Å². The summed E-state index contributed by atoms with van der Waals surface area (Å²) in [5.74, 6) is 0.101. The van der Waals surface area contributed by atoms with Crippen LogP contribution in [-0.2, 0) is 6.42 Å². The molecular weight excluding hydrogens is 156 g/mol. The van der Waals surface area contributed by atoms with Crippen LogP contribution in [0.5, 0.6) is 0 Å². The van der Waals surface area contributed by atoms with Gasteiger partial charge in [0.2, 0.25) is 0 Å². The van der Waals surface area contributed by atoms with Crippen LogP contribution in [0.1, 0.15) is 23.5 Å². The van der Waals surface area contributed by atoms with E-state index in [1.54, 1.807) is 6.20 Å². The number of halogens is 1. The van der Waals surface area contributed by atoms with Crippen molar-refractivity contribution < 1.29 is 0 Å². The fourth-order valence-electron chi connectivity index (χ4n) is 1.49. The second-order valence-corrected chi connectivity index (χ2v) is 3.21. The smallest absolute Gasteiger partial charge is 0.0785 e. The van der Waals surface area contributed by atoms with E-state index in [2.05, 4.69) is 4.98 Å². The first kappa shape index (κ1) is 7.17. The maximum atomic E-state index is 5.94. The molecule has 11 heavy (non-hydrogen) atoms. The zero-order valence-electron chi connectivity index (χ0n) is 6.05. The van der Waals surface area contributed by atoms with Crippen molar-refractivity contribution in [2.45, 2.75) is 18.7 Å². The molecule has 0 saturated carbocycles. The van der Waals surface area contributed by atoms with Crippen LogP contribution in [0.4, 0.5) is 0 Å². The third kappa shape index (κ3) is 1.06. The fraction of sp³-hybridized carbons (Fsp3) is 0.375. The number of pyridine rings is 1. The number of hydrogen-bond acceptors (Lipinski definition) is 1. The average Bonchev–Trinajstić information content (AvgIpc) is 2.35. The van der Waals surface area contributed by atoms with E-state index in [1.807, 2.05) is 6.07 Å². The Labute approximate surface area is 72.2 Å². The van der Waals surface area contributed by atoms with Gasteiger partial charge < -0.3 is 0 Å². The summed E-state index contributed by atoms with van der Waals surface area (Å²) in [6, 6.07) is 1.82. The van der Waals surface area contributed by atoms with Gasteiger partial charge in [-0.1, -0.05) is 11.6 Å². The van der Waals surface area contributed by atoms with E-state index in [-0.39, 0.29) is 5.82 Å². The molecule has 3 heteroatoms. The molecule has 2 radical (unpaired) electrons. The summed E-state index contributed by atoms with van der Waals surface area (Å²) in [4.78, 5) is 4.19. The Kier molecular flexibility index (Phi) is 1.65. The summed E-state index contributed by atoms with van der Waals surface area (Å²) in [5.41, 5.74) is 2.12. The van der Waals surface area contributed by atoms with Crippen molar-refractivity contribution in [1.29, 1.82) is 0 Å². The standard InChI is InChI=1S/C8H7BClN/c9-6-2-1-5-7(10)3-4-11-8(5)6/h3-4,6H,1-2H2. The van der Waals surface area contributed by atoms with E-state index in [9.17, 15) is 0 Å². The van der Waals surface area contributed by atoms with Crippen molar-refractivity contribution in [2.24, 2.45) is 0 Å². The lowest BCUT2D eigenvalue weighted by Crippen LogP contribution is -1.94. The van der Waals surface area contributed by atoms with Crippen LogP contribution in [0.2, 0.25) is 5.02 Å².